The van der Waals surface area contributed by atoms with Crippen molar-refractivity contribution in [1.82, 2.24) is 4.90 Å². The first-order valence-electron chi connectivity index (χ1n) is 8.06. The van der Waals surface area contributed by atoms with Gasteiger partial charge in [-0.15, -0.1) is 0 Å². The molecular weight excluding hydrogens is 404 g/mol. The van der Waals surface area contributed by atoms with E-state index in [1.807, 2.05) is 0 Å². The second-order valence-electron chi connectivity index (χ2n) is 6.00. The molecule has 8 nitrogen and oxygen atoms in total. The van der Waals surface area contributed by atoms with Crippen LogP contribution in [0.3, 0.4) is 0 Å². The van der Waals surface area contributed by atoms with E-state index in [0.717, 1.165) is 11.8 Å². The predicted octanol–water partition coefficient (Wildman–Crippen LogP) is 3.03. The first-order valence-corrected chi connectivity index (χ1v) is 10.4. The number of carboxylic acids is 1. The third kappa shape index (κ3) is 5.89. The highest BCUT2D eigenvalue weighted by Crippen LogP contribution is 2.26. The lowest BCUT2D eigenvalue weighted by molar-refractivity contribution is -0.139. The van der Waals surface area contributed by atoms with Crippen LogP contribution in [0.2, 0.25) is 0 Å². The average Bonchev–Trinajstić information content (AvgIpc) is 2.61. The van der Waals surface area contributed by atoms with Crippen molar-refractivity contribution in [3.8, 4) is 5.75 Å². The third-order valence-corrected chi connectivity index (χ3v) is 5.91. The Labute approximate surface area is 167 Å². The number of nitrogens with one attached hydrogen (secondary N) is 1. The molecule has 0 fully saturated rings. The summed E-state index contributed by atoms with van der Waals surface area (Å²) < 4.78 is 32.7. The molecule has 2 rings (SSSR count). The van der Waals surface area contributed by atoms with Gasteiger partial charge in [-0.3, -0.25) is 9.52 Å². The van der Waals surface area contributed by atoms with Gasteiger partial charge in [0.15, 0.2) is 6.61 Å². The van der Waals surface area contributed by atoms with Gasteiger partial charge in [-0.2, -0.15) is 0 Å². The summed E-state index contributed by atoms with van der Waals surface area (Å²) >= 11 is 1.04. The van der Waals surface area contributed by atoms with Gasteiger partial charge in [0, 0.05) is 24.7 Å². The predicted molar refractivity (Wildman–Crippen MR) is 107 cm³/mol. The lowest BCUT2D eigenvalue weighted by Crippen LogP contribution is -2.16. The number of nitrogens with zero attached hydrogens (tertiary/aromatic N) is 1. The van der Waals surface area contributed by atoms with Crippen LogP contribution in [0.1, 0.15) is 5.56 Å². The van der Waals surface area contributed by atoms with Crippen molar-refractivity contribution in [2.45, 2.75) is 16.7 Å². The fourth-order valence-electron chi connectivity index (χ4n) is 2.09. The van der Waals surface area contributed by atoms with Crippen molar-refractivity contribution >= 4 is 38.7 Å². The zero-order valence-electron chi connectivity index (χ0n) is 15.5. The minimum atomic E-state index is -3.84. The van der Waals surface area contributed by atoms with Crippen molar-refractivity contribution < 1.29 is 27.9 Å². The van der Waals surface area contributed by atoms with E-state index in [2.05, 4.69) is 4.72 Å². The molecule has 0 saturated heterocycles. The van der Waals surface area contributed by atoms with Crippen LogP contribution >= 0.6 is 11.8 Å². The average molecular weight is 425 g/mol. The van der Waals surface area contributed by atoms with Crippen molar-refractivity contribution in [2.75, 3.05) is 25.4 Å². The summed E-state index contributed by atoms with van der Waals surface area (Å²) in [6.07, 6.45) is 0. The number of hydrogen-bond acceptors (Lipinski definition) is 6. The summed E-state index contributed by atoms with van der Waals surface area (Å²) in [6.45, 7) is 1.12. The zero-order valence-corrected chi connectivity index (χ0v) is 17.1. The number of sulfonamides is 1. The molecule has 28 heavy (non-hydrogen) atoms. The number of benzene rings is 2. The Bertz CT molecular complexity index is 972. The normalized spacial score (nSPS) is 11.0. The Hall–Kier alpha value is -2.72. The smallest absolute Gasteiger partial charge is 0.341 e. The maximum Gasteiger partial charge on any atom is 0.341 e. The maximum atomic E-state index is 12.6. The quantitative estimate of drug-likeness (QED) is 0.657. The fraction of sp³-hybridized carbons (Fsp3) is 0.222. The number of anilines is 1. The Morgan fingerprint density at radius 3 is 2.32 bits per heavy atom. The summed E-state index contributed by atoms with van der Waals surface area (Å²) in [5.74, 6) is -0.819. The number of aryl methyl sites for hydroxylation is 1. The maximum absolute atomic E-state index is 12.6. The Kier molecular flexibility index (Phi) is 6.92. The number of ether oxygens (including phenoxy) is 1. The van der Waals surface area contributed by atoms with Gasteiger partial charge in [0.25, 0.3) is 15.3 Å². The lowest BCUT2D eigenvalue weighted by atomic mass is 10.2. The van der Waals surface area contributed by atoms with Crippen molar-refractivity contribution in [3.63, 3.8) is 0 Å². The molecule has 0 aliphatic rings. The van der Waals surface area contributed by atoms with Crippen LogP contribution in [0.25, 0.3) is 0 Å². The van der Waals surface area contributed by atoms with Crippen molar-refractivity contribution in [1.29, 1.82) is 0 Å². The van der Waals surface area contributed by atoms with E-state index in [1.54, 1.807) is 45.3 Å². The molecule has 2 aromatic rings. The molecule has 0 heterocycles. The molecule has 0 unspecified atom stereocenters. The summed E-state index contributed by atoms with van der Waals surface area (Å²) in [5, 5.41) is 8.52. The zero-order chi connectivity index (χ0) is 20.9. The number of carbonyl (C=O) groups is 2. The first kappa shape index (κ1) is 21.6. The molecule has 150 valence electrons. The van der Waals surface area contributed by atoms with Crippen LogP contribution in [0.15, 0.2) is 52.3 Å². The molecule has 0 bridgehead atoms. The van der Waals surface area contributed by atoms with Crippen LogP contribution in [0, 0.1) is 6.92 Å². The highest BCUT2D eigenvalue weighted by molar-refractivity contribution is 8.13. The molecule has 2 N–H and O–H groups in total. The van der Waals surface area contributed by atoms with E-state index in [4.69, 9.17) is 9.84 Å². The van der Waals surface area contributed by atoms with Crippen LogP contribution < -0.4 is 9.46 Å². The Morgan fingerprint density at radius 2 is 1.79 bits per heavy atom. The first-order chi connectivity index (χ1) is 13.1. The fourth-order valence-corrected chi connectivity index (χ4v) is 3.89. The van der Waals surface area contributed by atoms with E-state index in [0.29, 0.717) is 21.9 Å². The Balaban J connectivity index is 2.11. The van der Waals surface area contributed by atoms with E-state index >= 15 is 0 Å². The van der Waals surface area contributed by atoms with Gasteiger partial charge in [-0.25, -0.2) is 13.2 Å². The summed E-state index contributed by atoms with van der Waals surface area (Å²) in [4.78, 5) is 24.4. The minimum Gasteiger partial charge on any atom is -0.482 e. The molecule has 0 atom stereocenters. The SMILES string of the molecule is Cc1cc(S(=O)(=O)Nc2ccc(SC(=O)N(C)C)cc2)ccc1OCC(=O)O. The van der Waals surface area contributed by atoms with Gasteiger partial charge >= 0.3 is 5.97 Å². The van der Waals surface area contributed by atoms with Gasteiger partial charge in [-0.05, 0) is 66.7 Å². The number of carboxylic acid groups (broad SMARTS) is 1. The molecule has 1 amide bonds. The molecule has 0 aromatic heterocycles. The standard InChI is InChI=1S/C18H20N2O6S2/c1-12-10-15(8-9-16(12)26-11-17(21)22)28(24,25)19-13-4-6-14(7-5-13)27-18(23)20(2)3/h4-10,19H,11H2,1-3H3,(H,21,22). The van der Waals surface area contributed by atoms with E-state index in [9.17, 15) is 18.0 Å². The van der Waals surface area contributed by atoms with E-state index in [1.165, 1.54) is 23.1 Å². The van der Waals surface area contributed by atoms with Crippen molar-refractivity contribution in [3.05, 3.63) is 48.0 Å². The number of hydrogen-bond donors (Lipinski definition) is 2. The van der Waals surface area contributed by atoms with E-state index in [-0.39, 0.29) is 10.1 Å². The monoisotopic (exact) mass is 424 g/mol. The minimum absolute atomic E-state index is 0.0221. The van der Waals surface area contributed by atoms with Gasteiger partial charge in [0.2, 0.25) is 0 Å². The molecule has 0 aliphatic carbocycles. The van der Waals surface area contributed by atoms with E-state index < -0.39 is 22.6 Å². The number of aliphatic carboxylic acids is 1. The molecule has 0 saturated carbocycles. The second kappa shape index (κ2) is 8.98. The second-order valence-corrected chi connectivity index (χ2v) is 8.71. The van der Waals surface area contributed by atoms with Gasteiger partial charge in [-0.1, -0.05) is 0 Å². The van der Waals surface area contributed by atoms with Crippen molar-refractivity contribution in [2.24, 2.45) is 0 Å². The number of carbonyl (C=O) groups excluding carboxylic acids is 1. The number of rotatable bonds is 7. The molecule has 10 heteroatoms. The summed E-state index contributed by atoms with van der Waals surface area (Å²) in [7, 11) is -0.536. The molecule has 2 aromatic carbocycles. The molecular formula is C18H20N2O6S2. The van der Waals surface area contributed by atoms with Crippen LogP contribution in [0.5, 0.6) is 5.75 Å². The van der Waals surface area contributed by atoms with Crippen LogP contribution in [-0.4, -0.2) is 50.3 Å². The van der Waals surface area contributed by atoms with Crippen LogP contribution in [-0.2, 0) is 14.8 Å². The molecule has 0 spiro atoms. The molecule has 0 aliphatic heterocycles. The summed E-state index contributed by atoms with van der Waals surface area (Å²) in [5.41, 5.74) is 0.851. The van der Waals surface area contributed by atoms with Gasteiger partial charge < -0.3 is 14.7 Å². The number of amides is 1. The van der Waals surface area contributed by atoms with Crippen LogP contribution in [0.4, 0.5) is 10.5 Å². The third-order valence-electron chi connectivity index (χ3n) is 3.48. The van der Waals surface area contributed by atoms with Gasteiger partial charge in [0.05, 0.1) is 4.90 Å². The number of thioether (sulfide) groups is 1. The largest absolute Gasteiger partial charge is 0.482 e. The molecule has 0 radical (unpaired) electrons. The highest BCUT2D eigenvalue weighted by Gasteiger charge is 2.16. The topological polar surface area (TPSA) is 113 Å². The Morgan fingerprint density at radius 1 is 1.14 bits per heavy atom. The van der Waals surface area contributed by atoms with Gasteiger partial charge in [0.1, 0.15) is 5.75 Å². The highest BCUT2D eigenvalue weighted by atomic mass is 32.2. The lowest BCUT2D eigenvalue weighted by Gasteiger charge is -2.12. The summed E-state index contributed by atoms with van der Waals surface area (Å²) in [6, 6.07) is 10.6.